The Hall–Kier alpha value is -1.17. The third-order valence-electron chi connectivity index (χ3n) is 1.69. The summed E-state index contributed by atoms with van der Waals surface area (Å²) in [4.78, 5) is 23.3. The van der Waals surface area contributed by atoms with Crippen LogP contribution in [-0.4, -0.2) is 41.7 Å². The van der Waals surface area contributed by atoms with Gasteiger partial charge in [-0.1, -0.05) is 0 Å². The lowest BCUT2D eigenvalue weighted by Gasteiger charge is -2.16. The van der Waals surface area contributed by atoms with Crippen molar-refractivity contribution in [3.63, 3.8) is 0 Å². The van der Waals surface area contributed by atoms with Crippen LogP contribution in [0.15, 0.2) is 0 Å². The molecule has 13 heavy (non-hydrogen) atoms. The van der Waals surface area contributed by atoms with Gasteiger partial charge in [0, 0.05) is 6.92 Å². The standard InChI is InChI=1S/C7H9NO4S/c1-4(9)8-5(6(10)11-2)3-12-7(8)13/h5H,3H2,1-2H3/t5-/m0/s1. The van der Waals surface area contributed by atoms with E-state index in [4.69, 9.17) is 17.0 Å². The van der Waals surface area contributed by atoms with Crippen LogP contribution in [0.5, 0.6) is 0 Å². The minimum atomic E-state index is -0.727. The molecule has 0 saturated carbocycles. The number of hydrogen-bond donors (Lipinski definition) is 0. The Balaban J connectivity index is 2.81. The number of esters is 1. The van der Waals surface area contributed by atoms with Crippen LogP contribution in [0.1, 0.15) is 6.92 Å². The van der Waals surface area contributed by atoms with Crippen molar-refractivity contribution < 1.29 is 19.1 Å². The van der Waals surface area contributed by atoms with E-state index >= 15 is 0 Å². The first kappa shape index (κ1) is 9.91. The van der Waals surface area contributed by atoms with Crippen LogP contribution in [0.3, 0.4) is 0 Å². The molecule has 1 fully saturated rings. The van der Waals surface area contributed by atoms with E-state index in [0.717, 1.165) is 4.90 Å². The number of nitrogens with zero attached hydrogens (tertiary/aromatic N) is 1. The zero-order chi connectivity index (χ0) is 10.0. The number of hydrogen-bond acceptors (Lipinski definition) is 5. The number of ether oxygens (including phenoxy) is 2. The molecular weight excluding hydrogens is 194 g/mol. The van der Waals surface area contributed by atoms with Crippen molar-refractivity contribution in [2.24, 2.45) is 0 Å². The number of carbonyl (C=O) groups is 2. The van der Waals surface area contributed by atoms with E-state index in [9.17, 15) is 9.59 Å². The van der Waals surface area contributed by atoms with Crippen LogP contribution >= 0.6 is 12.2 Å². The monoisotopic (exact) mass is 203 g/mol. The maximum absolute atomic E-state index is 11.1. The average molecular weight is 203 g/mol. The molecule has 0 spiro atoms. The highest BCUT2D eigenvalue weighted by Gasteiger charge is 2.38. The molecule has 1 aliphatic heterocycles. The predicted octanol–water partition coefficient (Wildman–Crippen LogP) is -0.308. The van der Waals surface area contributed by atoms with Gasteiger partial charge in [-0.15, -0.1) is 0 Å². The van der Waals surface area contributed by atoms with Crippen LogP contribution in [0, 0.1) is 0 Å². The highest BCUT2D eigenvalue weighted by molar-refractivity contribution is 7.80. The van der Waals surface area contributed by atoms with Crippen LogP contribution in [0.2, 0.25) is 0 Å². The summed E-state index contributed by atoms with van der Waals surface area (Å²) in [6.45, 7) is 1.39. The quantitative estimate of drug-likeness (QED) is 0.432. The van der Waals surface area contributed by atoms with Crippen LogP contribution in [-0.2, 0) is 19.1 Å². The highest BCUT2D eigenvalue weighted by atomic mass is 32.1. The summed E-state index contributed by atoms with van der Waals surface area (Å²) in [5.74, 6) is -0.840. The fourth-order valence-electron chi connectivity index (χ4n) is 1.08. The second-order valence-electron chi connectivity index (χ2n) is 2.50. The van der Waals surface area contributed by atoms with Crippen molar-refractivity contribution in [2.45, 2.75) is 13.0 Å². The molecular formula is C7H9NO4S. The summed E-state index contributed by atoms with van der Waals surface area (Å²) in [7, 11) is 1.25. The minimum Gasteiger partial charge on any atom is -0.468 e. The van der Waals surface area contributed by atoms with E-state index in [0.29, 0.717) is 0 Å². The Morgan fingerprint density at radius 2 is 2.31 bits per heavy atom. The minimum absolute atomic E-state index is 0.0305. The summed E-state index contributed by atoms with van der Waals surface area (Å²) in [5, 5.41) is 0.0305. The summed E-state index contributed by atoms with van der Waals surface area (Å²) >= 11 is 4.74. The van der Waals surface area contributed by atoms with Gasteiger partial charge in [-0.25, -0.2) is 4.79 Å². The second kappa shape index (κ2) is 3.69. The van der Waals surface area contributed by atoms with E-state index in [-0.39, 0.29) is 17.7 Å². The van der Waals surface area contributed by atoms with Gasteiger partial charge in [0.15, 0.2) is 6.04 Å². The molecule has 0 aliphatic carbocycles. The van der Waals surface area contributed by atoms with Crippen molar-refractivity contribution in [1.82, 2.24) is 4.90 Å². The second-order valence-corrected chi connectivity index (χ2v) is 2.85. The van der Waals surface area contributed by atoms with Crippen molar-refractivity contribution in [1.29, 1.82) is 0 Å². The topological polar surface area (TPSA) is 55.8 Å². The van der Waals surface area contributed by atoms with E-state index in [2.05, 4.69) is 4.74 Å². The first-order chi connectivity index (χ1) is 6.07. The lowest BCUT2D eigenvalue weighted by Crippen LogP contribution is -2.42. The molecule has 1 aliphatic rings. The maximum Gasteiger partial charge on any atom is 0.332 e. The molecule has 1 amide bonds. The first-order valence-electron chi connectivity index (χ1n) is 3.62. The van der Waals surface area contributed by atoms with Crippen molar-refractivity contribution in [3.05, 3.63) is 0 Å². The third kappa shape index (κ3) is 1.77. The summed E-state index contributed by atoms with van der Waals surface area (Å²) in [6.07, 6.45) is 0. The molecule has 0 bridgehead atoms. The SMILES string of the molecule is COC(=O)[C@@H]1COC(=S)N1C(C)=O. The Kier molecular flexibility index (Phi) is 2.82. The van der Waals surface area contributed by atoms with Crippen LogP contribution in [0.4, 0.5) is 0 Å². The molecule has 0 aromatic rings. The summed E-state index contributed by atoms with van der Waals surface area (Å²) < 4.78 is 9.39. The number of rotatable bonds is 1. The van der Waals surface area contributed by atoms with Crippen molar-refractivity contribution in [2.75, 3.05) is 13.7 Å². The van der Waals surface area contributed by atoms with Gasteiger partial charge in [0.05, 0.1) is 7.11 Å². The molecule has 72 valence electrons. The molecule has 5 nitrogen and oxygen atoms in total. The zero-order valence-electron chi connectivity index (χ0n) is 7.27. The fourth-order valence-corrected chi connectivity index (χ4v) is 1.40. The van der Waals surface area contributed by atoms with Crippen molar-refractivity contribution in [3.8, 4) is 0 Å². The number of thiocarbonyl (C=S) groups is 1. The van der Waals surface area contributed by atoms with E-state index in [1.54, 1.807) is 0 Å². The highest BCUT2D eigenvalue weighted by Crippen LogP contribution is 2.13. The van der Waals surface area contributed by atoms with Gasteiger partial charge in [-0.05, 0) is 12.2 Å². The smallest absolute Gasteiger partial charge is 0.332 e. The van der Waals surface area contributed by atoms with Gasteiger partial charge < -0.3 is 9.47 Å². The molecule has 0 aromatic carbocycles. The van der Waals surface area contributed by atoms with Crippen LogP contribution < -0.4 is 0 Å². The van der Waals surface area contributed by atoms with Gasteiger partial charge in [-0.2, -0.15) is 0 Å². The van der Waals surface area contributed by atoms with Gasteiger partial charge in [0.2, 0.25) is 5.91 Å². The summed E-state index contributed by atoms with van der Waals surface area (Å²) in [6, 6.07) is -0.727. The molecule has 1 atom stereocenters. The summed E-state index contributed by atoms with van der Waals surface area (Å²) in [5.41, 5.74) is 0. The van der Waals surface area contributed by atoms with E-state index in [1.807, 2.05) is 0 Å². The third-order valence-corrected chi connectivity index (χ3v) is 2.00. The number of amides is 1. The predicted molar refractivity (Wildman–Crippen MR) is 46.9 cm³/mol. The molecule has 6 heteroatoms. The lowest BCUT2D eigenvalue weighted by molar-refractivity contribution is -0.148. The molecule has 1 rings (SSSR count). The molecule has 1 heterocycles. The largest absolute Gasteiger partial charge is 0.468 e. The zero-order valence-corrected chi connectivity index (χ0v) is 8.09. The molecule has 0 N–H and O–H groups in total. The number of carbonyl (C=O) groups excluding carboxylic acids is 2. The van der Waals surface area contributed by atoms with Gasteiger partial charge >= 0.3 is 5.97 Å². The van der Waals surface area contributed by atoms with E-state index < -0.39 is 12.0 Å². The normalized spacial score (nSPS) is 21.2. The maximum atomic E-state index is 11.1. The van der Waals surface area contributed by atoms with Crippen molar-refractivity contribution >= 4 is 29.3 Å². The average Bonchev–Trinajstić information content (AvgIpc) is 2.45. The van der Waals surface area contributed by atoms with Gasteiger partial charge in [0.1, 0.15) is 6.61 Å². The fraction of sp³-hybridized carbons (Fsp3) is 0.571. The lowest BCUT2D eigenvalue weighted by atomic mass is 10.3. The van der Waals surface area contributed by atoms with Gasteiger partial charge in [-0.3, -0.25) is 9.69 Å². The van der Waals surface area contributed by atoms with Crippen LogP contribution in [0.25, 0.3) is 0 Å². The Labute approximate surface area is 80.6 Å². The molecule has 0 unspecified atom stereocenters. The number of methoxy groups -OCH3 is 1. The Bertz CT molecular complexity index is 265. The molecule has 1 saturated heterocycles. The molecule has 0 aromatic heterocycles. The first-order valence-corrected chi connectivity index (χ1v) is 4.03. The molecule has 0 radical (unpaired) electrons. The Morgan fingerprint density at radius 3 is 2.77 bits per heavy atom. The van der Waals surface area contributed by atoms with E-state index in [1.165, 1.54) is 14.0 Å². The Morgan fingerprint density at radius 1 is 1.69 bits per heavy atom. The van der Waals surface area contributed by atoms with Gasteiger partial charge in [0.25, 0.3) is 5.17 Å².